The highest BCUT2D eigenvalue weighted by atomic mass is 79.9. The minimum absolute atomic E-state index is 0.420. The maximum atomic E-state index is 13.1. The second kappa shape index (κ2) is 5.16. The second-order valence-electron chi connectivity index (χ2n) is 4.19. The molecule has 0 spiro atoms. The summed E-state index contributed by atoms with van der Waals surface area (Å²) in [5, 5.41) is 0. The van der Waals surface area contributed by atoms with Gasteiger partial charge in [-0.2, -0.15) is 0 Å². The van der Waals surface area contributed by atoms with Gasteiger partial charge in [-0.3, -0.25) is 0 Å². The molecule has 2 rings (SSSR count). The lowest BCUT2D eigenvalue weighted by Crippen LogP contribution is -2.12. The zero-order valence-electron chi connectivity index (χ0n) is 9.75. The van der Waals surface area contributed by atoms with Gasteiger partial charge in [0, 0.05) is 10.5 Å². The van der Waals surface area contributed by atoms with E-state index in [-0.39, 0.29) is 0 Å². The summed E-state index contributed by atoms with van der Waals surface area (Å²) in [5.41, 5.74) is 8.32. The van der Waals surface area contributed by atoms with E-state index in [9.17, 15) is 8.78 Å². The molecule has 1 nitrogen and oxygen atoms in total. The number of halogens is 3. The average Bonchev–Trinajstić information content (AvgIpc) is 2.30. The number of hydrogen-bond donors (Lipinski definition) is 1. The summed E-state index contributed by atoms with van der Waals surface area (Å²) in [7, 11) is 0. The van der Waals surface area contributed by atoms with Crippen LogP contribution in [0.15, 0.2) is 40.9 Å². The molecule has 0 bridgehead atoms. The van der Waals surface area contributed by atoms with Crippen molar-refractivity contribution in [3.8, 4) is 0 Å². The van der Waals surface area contributed by atoms with Gasteiger partial charge < -0.3 is 5.73 Å². The fourth-order valence-electron chi connectivity index (χ4n) is 1.75. The molecule has 2 aromatic carbocycles. The van der Waals surface area contributed by atoms with E-state index in [4.69, 9.17) is 5.73 Å². The van der Waals surface area contributed by atoms with Crippen molar-refractivity contribution in [2.24, 2.45) is 5.73 Å². The summed E-state index contributed by atoms with van der Waals surface area (Å²) >= 11 is 3.41. The maximum absolute atomic E-state index is 13.1. The van der Waals surface area contributed by atoms with E-state index in [1.165, 1.54) is 12.1 Å². The van der Waals surface area contributed by atoms with E-state index in [2.05, 4.69) is 15.9 Å². The standard InChI is InChI=1S/C14H12BrF2N/c1-8-2-3-9(6-13(8)15)14(18)10-4-11(16)7-12(17)5-10/h2-7,14H,18H2,1H3. The van der Waals surface area contributed by atoms with Crippen LogP contribution >= 0.6 is 15.9 Å². The van der Waals surface area contributed by atoms with Crippen molar-refractivity contribution in [2.45, 2.75) is 13.0 Å². The largest absolute Gasteiger partial charge is 0.320 e. The quantitative estimate of drug-likeness (QED) is 0.888. The van der Waals surface area contributed by atoms with E-state index < -0.39 is 17.7 Å². The van der Waals surface area contributed by atoms with Gasteiger partial charge in [-0.25, -0.2) is 8.78 Å². The van der Waals surface area contributed by atoms with Crippen LogP contribution in [0.1, 0.15) is 22.7 Å². The molecule has 0 aliphatic carbocycles. The Hall–Kier alpha value is -1.26. The lowest BCUT2D eigenvalue weighted by atomic mass is 9.98. The number of benzene rings is 2. The van der Waals surface area contributed by atoms with Crippen molar-refractivity contribution in [3.63, 3.8) is 0 Å². The van der Waals surface area contributed by atoms with Crippen LogP contribution in [0.2, 0.25) is 0 Å². The van der Waals surface area contributed by atoms with Crippen LogP contribution in [0.5, 0.6) is 0 Å². The molecule has 0 heterocycles. The Morgan fingerprint density at radius 1 is 1.00 bits per heavy atom. The molecule has 1 unspecified atom stereocenters. The maximum Gasteiger partial charge on any atom is 0.126 e. The first-order valence-electron chi connectivity index (χ1n) is 5.45. The predicted molar refractivity (Wildman–Crippen MR) is 71.3 cm³/mol. The van der Waals surface area contributed by atoms with Gasteiger partial charge in [-0.05, 0) is 41.8 Å². The smallest absolute Gasteiger partial charge is 0.126 e. The highest BCUT2D eigenvalue weighted by Gasteiger charge is 2.12. The third-order valence-corrected chi connectivity index (χ3v) is 3.65. The lowest BCUT2D eigenvalue weighted by Gasteiger charge is -2.14. The molecule has 0 saturated carbocycles. The van der Waals surface area contributed by atoms with Crippen LogP contribution in [0.3, 0.4) is 0 Å². The van der Waals surface area contributed by atoms with Gasteiger partial charge in [0.15, 0.2) is 0 Å². The van der Waals surface area contributed by atoms with Gasteiger partial charge in [-0.1, -0.05) is 28.1 Å². The molecule has 4 heteroatoms. The summed E-state index contributed by atoms with van der Waals surface area (Å²) < 4.78 is 27.2. The normalized spacial score (nSPS) is 12.5. The highest BCUT2D eigenvalue weighted by molar-refractivity contribution is 9.10. The summed E-state index contributed by atoms with van der Waals surface area (Å²) in [5.74, 6) is -1.24. The van der Waals surface area contributed by atoms with Crippen LogP contribution in [0.25, 0.3) is 0 Å². The van der Waals surface area contributed by atoms with Gasteiger partial charge in [-0.15, -0.1) is 0 Å². The van der Waals surface area contributed by atoms with E-state index >= 15 is 0 Å². The topological polar surface area (TPSA) is 26.0 Å². The van der Waals surface area contributed by atoms with Crippen molar-refractivity contribution in [1.29, 1.82) is 0 Å². The van der Waals surface area contributed by atoms with Crippen LogP contribution in [0.4, 0.5) is 8.78 Å². The first-order valence-corrected chi connectivity index (χ1v) is 6.24. The summed E-state index contributed by atoms with van der Waals surface area (Å²) in [6.45, 7) is 1.96. The molecule has 1 atom stereocenters. The Kier molecular flexibility index (Phi) is 3.78. The SMILES string of the molecule is Cc1ccc(C(N)c2cc(F)cc(F)c2)cc1Br. The summed E-state index contributed by atoms with van der Waals surface area (Å²) in [6.07, 6.45) is 0. The number of rotatable bonds is 2. The zero-order valence-corrected chi connectivity index (χ0v) is 11.3. The molecule has 2 N–H and O–H groups in total. The van der Waals surface area contributed by atoms with E-state index in [1.54, 1.807) is 0 Å². The number of aryl methyl sites for hydroxylation is 1. The fourth-order valence-corrected chi connectivity index (χ4v) is 2.15. The van der Waals surface area contributed by atoms with E-state index in [0.717, 1.165) is 21.7 Å². The Labute approximate surface area is 113 Å². The molecule has 0 amide bonds. The molecule has 0 saturated heterocycles. The molecule has 2 aromatic rings. The number of hydrogen-bond acceptors (Lipinski definition) is 1. The van der Waals surface area contributed by atoms with E-state index in [0.29, 0.717) is 5.56 Å². The molecule has 0 aliphatic heterocycles. The van der Waals surface area contributed by atoms with Crippen LogP contribution < -0.4 is 5.73 Å². The van der Waals surface area contributed by atoms with Crippen molar-refractivity contribution < 1.29 is 8.78 Å². The third-order valence-electron chi connectivity index (χ3n) is 2.80. The molecule has 0 radical (unpaired) electrons. The minimum atomic E-state index is -0.619. The summed E-state index contributed by atoms with van der Waals surface area (Å²) in [4.78, 5) is 0. The van der Waals surface area contributed by atoms with Gasteiger partial charge in [0.2, 0.25) is 0 Å². The Balaban J connectivity index is 2.40. The van der Waals surface area contributed by atoms with Crippen LogP contribution in [0, 0.1) is 18.6 Å². The van der Waals surface area contributed by atoms with Gasteiger partial charge in [0.25, 0.3) is 0 Å². The second-order valence-corrected chi connectivity index (χ2v) is 5.04. The van der Waals surface area contributed by atoms with Crippen LogP contribution in [-0.4, -0.2) is 0 Å². The average molecular weight is 312 g/mol. The van der Waals surface area contributed by atoms with Gasteiger partial charge >= 0.3 is 0 Å². The molecule has 0 aliphatic rings. The molecule has 0 fully saturated rings. The third kappa shape index (κ3) is 2.76. The summed E-state index contributed by atoms with van der Waals surface area (Å²) in [6, 6.07) is 8.42. The van der Waals surface area contributed by atoms with Crippen molar-refractivity contribution >= 4 is 15.9 Å². The Bertz CT molecular complexity index is 564. The van der Waals surface area contributed by atoms with Crippen LogP contribution in [-0.2, 0) is 0 Å². The lowest BCUT2D eigenvalue weighted by molar-refractivity contribution is 0.577. The zero-order chi connectivity index (χ0) is 13.3. The van der Waals surface area contributed by atoms with Gasteiger partial charge in [0.1, 0.15) is 11.6 Å². The molecule has 0 aromatic heterocycles. The molecular formula is C14H12BrF2N. The van der Waals surface area contributed by atoms with Crippen molar-refractivity contribution in [2.75, 3.05) is 0 Å². The Morgan fingerprint density at radius 3 is 2.17 bits per heavy atom. The molecule has 18 heavy (non-hydrogen) atoms. The fraction of sp³-hybridized carbons (Fsp3) is 0.143. The predicted octanol–water partition coefficient (Wildman–Crippen LogP) is 4.08. The number of nitrogens with two attached hydrogens (primary N) is 1. The molecule has 94 valence electrons. The van der Waals surface area contributed by atoms with Gasteiger partial charge in [0.05, 0.1) is 6.04 Å². The Morgan fingerprint density at radius 2 is 1.61 bits per heavy atom. The first-order chi connectivity index (χ1) is 8.47. The van der Waals surface area contributed by atoms with Crippen molar-refractivity contribution in [1.82, 2.24) is 0 Å². The first kappa shape index (κ1) is 13.2. The van der Waals surface area contributed by atoms with Crippen molar-refractivity contribution in [3.05, 3.63) is 69.2 Å². The monoisotopic (exact) mass is 311 g/mol. The molecular weight excluding hydrogens is 300 g/mol. The highest BCUT2D eigenvalue weighted by Crippen LogP contribution is 2.25. The minimum Gasteiger partial charge on any atom is -0.320 e. The van der Waals surface area contributed by atoms with E-state index in [1.807, 2.05) is 25.1 Å².